The predicted molar refractivity (Wildman–Crippen MR) is 91.0 cm³/mol. The molecule has 0 saturated carbocycles. The van der Waals surface area contributed by atoms with Gasteiger partial charge in [0.2, 0.25) is 5.89 Å². The van der Waals surface area contributed by atoms with Gasteiger partial charge in [0.15, 0.2) is 0 Å². The maximum atomic E-state index is 5.86. The van der Waals surface area contributed by atoms with Gasteiger partial charge in [-0.2, -0.15) is 0 Å². The van der Waals surface area contributed by atoms with Crippen LogP contribution in [0.5, 0.6) is 0 Å². The number of rotatable bonds is 4. The van der Waals surface area contributed by atoms with Gasteiger partial charge in [0.1, 0.15) is 6.26 Å². The van der Waals surface area contributed by atoms with Crippen molar-refractivity contribution in [2.75, 3.05) is 19.6 Å². The summed E-state index contributed by atoms with van der Waals surface area (Å²) in [5.74, 6) is 0.700. The van der Waals surface area contributed by atoms with E-state index in [-0.39, 0.29) is 17.8 Å². The third-order valence-electron chi connectivity index (χ3n) is 4.37. The minimum absolute atomic E-state index is 0. The minimum Gasteiger partial charge on any atom is -0.444 e. The highest BCUT2D eigenvalue weighted by Crippen LogP contribution is 2.29. The first-order chi connectivity index (χ1) is 10.1. The lowest BCUT2D eigenvalue weighted by Gasteiger charge is -2.21. The smallest absolute Gasteiger partial charge is 0.226 e. The fraction of sp³-hybridized carbons (Fsp3) is 0.471. The molecule has 1 atom stereocenters. The van der Waals surface area contributed by atoms with Crippen molar-refractivity contribution in [3.05, 3.63) is 41.8 Å². The number of likely N-dealkylation sites (tertiary alicyclic amines) is 1. The fourth-order valence-corrected chi connectivity index (χ4v) is 2.86. The molecule has 5 heteroatoms. The van der Waals surface area contributed by atoms with Gasteiger partial charge in [-0.25, -0.2) is 4.98 Å². The summed E-state index contributed by atoms with van der Waals surface area (Å²) < 4.78 is 5.62. The Kier molecular flexibility index (Phi) is 5.27. The standard InChI is InChI=1S/C17H23N3O.ClH/c1-13-3-5-14(6-4-13)16-19-15(10-21-16)9-20-8-7-17(2,11-18)12-20;/h3-6,10H,7-9,11-12,18H2,1-2H3;1H. The highest BCUT2D eigenvalue weighted by Gasteiger charge is 2.32. The van der Waals surface area contributed by atoms with Crippen molar-refractivity contribution in [1.82, 2.24) is 9.88 Å². The number of aryl methyl sites for hydroxylation is 1. The van der Waals surface area contributed by atoms with Crippen molar-refractivity contribution in [3.63, 3.8) is 0 Å². The molecule has 0 bridgehead atoms. The first-order valence-electron chi connectivity index (χ1n) is 7.52. The van der Waals surface area contributed by atoms with Crippen LogP contribution < -0.4 is 5.73 Å². The maximum Gasteiger partial charge on any atom is 0.226 e. The molecule has 0 radical (unpaired) electrons. The lowest BCUT2D eigenvalue weighted by Crippen LogP contribution is -2.31. The number of oxazole rings is 1. The Morgan fingerprint density at radius 2 is 2.05 bits per heavy atom. The van der Waals surface area contributed by atoms with Crippen molar-refractivity contribution in [3.8, 4) is 11.5 Å². The molecule has 1 aromatic heterocycles. The molecule has 0 aliphatic carbocycles. The zero-order chi connectivity index (χ0) is 14.9. The van der Waals surface area contributed by atoms with Crippen LogP contribution in [-0.2, 0) is 6.54 Å². The van der Waals surface area contributed by atoms with Gasteiger partial charge < -0.3 is 10.2 Å². The van der Waals surface area contributed by atoms with E-state index in [1.807, 2.05) is 12.1 Å². The Morgan fingerprint density at radius 1 is 1.32 bits per heavy atom. The molecular formula is C17H24ClN3O. The van der Waals surface area contributed by atoms with Crippen LogP contribution in [0.4, 0.5) is 0 Å². The average molecular weight is 322 g/mol. The van der Waals surface area contributed by atoms with Crippen LogP contribution in [0.1, 0.15) is 24.6 Å². The quantitative estimate of drug-likeness (QED) is 0.939. The summed E-state index contributed by atoms with van der Waals surface area (Å²) >= 11 is 0. The predicted octanol–water partition coefficient (Wildman–Crippen LogP) is 3.24. The second kappa shape index (κ2) is 6.82. The summed E-state index contributed by atoms with van der Waals surface area (Å²) in [4.78, 5) is 7.01. The zero-order valence-corrected chi connectivity index (χ0v) is 14.0. The number of nitrogens with zero attached hydrogens (tertiary/aromatic N) is 2. The van der Waals surface area contributed by atoms with Gasteiger partial charge in [-0.15, -0.1) is 12.4 Å². The van der Waals surface area contributed by atoms with Crippen LogP contribution in [0.2, 0.25) is 0 Å². The van der Waals surface area contributed by atoms with E-state index < -0.39 is 0 Å². The van der Waals surface area contributed by atoms with Gasteiger partial charge in [0, 0.05) is 18.7 Å². The van der Waals surface area contributed by atoms with E-state index in [0.29, 0.717) is 5.89 Å². The molecule has 4 nitrogen and oxygen atoms in total. The van der Waals surface area contributed by atoms with Gasteiger partial charge in [-0.3, -0.25) is 4.90 Å². The second-order valence-corrected chi connectivity index (χ2v) is 6.49. The molecular weight excluding hydrogens is 298 g/mol. The molecule has 2 heterocycles. The molecule has 0 amide bonds. The summed E-state index contributed by atoms with van der Waals surface area (Å²) in [5, 5.41) is 0. The first kappa shape index (κ1) is 17.0. The van der Waals surface area contributed by atoms with Gasteiger partial charge in [-0.1, -0.05) is 24.6 Å². The highest BCUT2D eigenvalue weighted by molar-refractivity contribution is 5.85. The minimum atomic E-state index is 0. The zero-order valence-electron chi connectivity index (χ0n) is 13.2. The Labute approximate surface area is 138 Å². The van der Waals surface area contributed by atoms with Crippen LogP contribution in [0, 0.1) is 12.3 Å². The molecule has 1 aliphatic heterocycles. The third-order valence-corrected chi connectivity index (χ3v) is 4.37. The van der Waals surface area contributed by atoms with Crippen LogP contribution in [0.15, 0.2) is 34.9 Å². The third kappa shape index (κ3) is 3.69. The summed E-state index contributed by atoms with van der Waals surface area (Å²) in [7, 11) is 0. The van der Waals surface area contributed by atoms with Crippen LogP contribution in [-0.4, -0.2) is 29.5 Å². The van der Waals surface area contributed by atoms with Gasteiger partial charge in [0.05, 0.1) is 5.69 Å². The molecule has 22 heavy (non-hydrogen) atoms. The number of hydrogen-bond donors (Lipinski definition) is 1. The van der Waals surface area contributed by atoms with Crippen molar-refractivity contribution in [1.29, 1.82) is 0 Å². The molecule has 3 rings (SSSR count). The molecule has 2 aromatic rings. The second-order valence-electron chi connectivity index (χ2n) is 6.49. The summed E-state index contributed by atoms with van der Waals surface area (Å²) in [6, 6.07) is 8.25. The normalized spacial score (nSPS) is 21.8. The Bertz CT molecular complexity index is 611. The Balaban J connectivity index is 0.00000176. The topological polar surface area (TPSA) is 55.3 Å². The Morgan fingerprint density at radius 3 is 2.68 bits per heavy atom. The monoisotopic (exact) mass is 321 g/mol. The first-order valence-corrected chi connectivity index (χ1v) is 7.52. The number of benzene rings is 1. The Hall–Kier alpha value is -1.36. The number of hydrogen-bond acceptors (Lipinski definition) is 4. The molecule has 1 aliphatic rings. The summed E-state index contributed by atoms with van der Waals surface area (Å²) in [5.41, 5.74) is 9.37. The fourth-order valence-electron chi connectivity index (χ4n) is 2.86. The van der Waals surface area contributed by atoms with Crippen molar-refractivity contribution >= 4 is 12.4 Å². The molecule has 1 fully saturated rings. The van der Waals surface area contributed by atoms with E-state index in [1.54, 1.807) is 6.26 Å². The summed E-state index contributed by atoms with van der Waals surface area (Å²) in [6.07, 6.45) is 2.93. The number of nitrogens with two attached hydrogens (primary N) is 1. The lowest BCUT2D eigenvalue weighted by molar-refractivity contribution is 0.272. The van der Waals surface area contributed by atoms with E-state index >= 15 is 0 Å². The van der Waals surface area contributed by atoms with E-state index in [0.717, 1.165) is 43.9 Å². The molecule has 120 valence electrons. The molecule has 1 unspecified atom stereocenters. The number of aromatic nitrogens is 1. The van der Waals surface area contributed by atoms with E-state index in [9.17, 15) is 0 Å². The van der Waals surface area contributed by atoms with E-state index in [2.05, 4.69) is 35.9 Å². The van der Waals surface area contributed by atoms with Crippen LogP contribution in [0.25, 0.3) is 11.5 Å². The van der Waals surface area contributed by atoms with E-state index in [1.165, 1.54) is 5.56 Å². The number of halogens is 1. The van der Waals surface area contributed by atoms with Crippen molar-refractivity contribution in [2.24, 2.45) is 11.1 Å². The van der Waals surface area contributed by atoms with Crippen molar-refractivity contribution < 1.29 is 4.42 Å². The van der Waals surface area contributed by atoms with Crippen molar-refractivity contribution in [2.45, 2.75) is 26.8 Å². The SMILES string of the molecule is Cc1ccc(-c2nc(CN3CCC(C)(CN)C3)co2)cc1.Cl. The molecule has 1 aromatic carbocycles. The van der Waals surface area contributed by atoms with Crippen LogP contribution >= 0.6 is 12.4 Å². The average Bonchev–Trinajstić information content (AvgIpc) is 3.08. The van der Waals surface area contributed by atoms with Crippen LogP contribution in [0.3, 0.4) is 0 Å². The van der Waals surface area contributed by atoms with Gasteiger partial charge in [-0.05, 0) is 44.0 Å². The maximum absolute atomic E-state index is 5.86. The van der Waals surface area contributed by atoms with Gasteiger partial charge in [0.25, 0.3) is 0 Å². The highest BCUT2D eigenvalue weighted by atomic mass is 35.5. The van der Waals surface area contributed by atoms with E-state index in [4.69, 9.17) is 10.2 Å². The largest absolute Gasteiger partial charge is 0.444 e. The van der Waals surface area contributed by atoms with Gasteiger partial charge >= 0.3 is 0 Å². The molecule has 1 saturated heterocycles. The molecule has 0 spiro atoms. The molecule has 2 N–H and O–H groups in total. The lowest BCUT2D eigenvalue weighted by atomic mass is 9.90. The summed E-state index contributed by atoms with van der Waals surface area (Å²) in [6.45, 7) is 8.04.